The fraction of sp³-hybridized carbons (Fsp3) is 0.250. The molecule has 1 fully saturated rings. The summed E-state index contributed by atoms with van der Waals surface area (Å²) in [4.78, 5) is 30.1. The predicted molar refractivity (Wildman–Crippen MR) is 99.4 cm³/mol. The molecule has 132 valence electrons. The number of amides is 1. The number of hydrogen-bond donors (Lipinski definition) is 1. The number of pyridine rings is 1. The predicted octanol–water partition coefficient (Wildman–Crippen LogP) is 2.19. The van der Waals surface area contributed by atoms with Crippen molar-refractivity contribution in [3.63, 3.8) is 0 Å². The monoisotopic (exact) mass is 348 g/mol. The van der Waals surface area contributed by atoms with Gasteiger partial charge in [-0.25, -0.2) is 4.98 Å². The van der Waals surface area contributed by atoms with Gasteiger partial charge >= 0.3 is 0 Å². The molecule has 0 bridgehead atoms. The zero-order valence-electron chi connectivity index (χ0n) is 14.4. The second-order valence-corrected chi connectivity index (χ2v) is 6.57. The van der Waals surface area contributed by atoms with E-state index < -0.39 is 5.91 Å². The highest BCUT2D eigenvalue weighted by Crippen LogP contribution is 2.21. The van der Waals surface area contributed by atoms with Crippen molar-refractivity contribution in [3.8, 4) is 0 Å². The number of piperidine rings is 1. The third kappa shape index (κ3) is 3.06. The van der Waals surface area contributed by atoms with Crippen molar-refractivity contribution in [1.82, 2.24) is 9.38 Å². The van der Waals surface area contributed by atoms with Crippen molar-refractivity contribution in [2.24, 2.45) is 5.73 Å². The van der Waals surface area contributed by atoms with Gasteiger partial charge in [-0.2, -0.15) is 0 Å². The van der Waals surface area contributed by atoms with Crippen LogP contribution in [0.3, 0.4) is 0 Å². The minimum Gasteiger partial charge on any atom is -0.371 e. The molecule has 3 aromatic rings. The van der Waals surface area contributed by atoms with Gasteiger partial charge in [0.15, 0.2) is 0 Å². The third-order valence-corrected chi connectivity index (χ3v) is 4.83. The Bertz CT molecular complexity index is 965. The summed E-state index contributed by atoms with van der Waals surface area (Å²) in [6.07, 6.45) is 3.57. The maximum absolute atomic E-state index is 11.9. The van der Waals surface area contributed by atoms with Crippen LogP contribution in [-0.4, -0.2) is 34.2 Å². The van der Waals surface area contributed by atoms with Gasteiger partial charge in [0.2, 0.25) is 0 Å². The van der Waals surface area contributed by atoms with E-state index in [-0.39, 0.29) is 0 Å². The topological polar surface area (TPSA) is 80.7 Å². The van der Waals surface area contributed by atoms with E-state index in [2.05, 4.69) is 22.0 Å². The summed E-state index contributed by atoms with van der Waals surface area (Å²) in [6, 6.07) is 13.8. The van der Waals surface area contributed by atoms with Gasteiger partial charge in [-0.15, -0.1) is 0 Å². The molecule has 4 rings (SSSR count). The Hall–Kier alpha value is -3.15. The number of anilines is 1. The number of Topliss-reactive ketones (excluding diaryl/α,β-unsaturated/α-hetero) is 1. The molecule has 1 amide bonds. The molecule has 3 heterocycles. The second kappa shape index (κ2) is 6.63. The normalized spacial score (nSPS) is 14.8. The van der Waals surface area contributed by atoms with Crippen LogP contribution in [-0.2, 0) is 11.2 Å². The standard InChI is InChI=1S/C20H20N4O2/c21-20(26)19-17(22-18-3-1-2-10-24(18)19)13-14-4-6-15(7-5-14)23-11-8-16(25)9-12-23/h1-7,10H,8-9,11-13H2,(H2,21,26). The van der Waals surface area contributed by atoms with E-state index in [1.165, 1.54) is 0 Å². The summed E-state index contributed by atoms with van der Waals surface area (Å²) in [7, 11) is 0. The molecule has 0 unspecified atom stereocenters. The van der Waals surface area contributed by atoms with Crippen LogP contribution in [0.4, 0.5) is 5.69 Å². The van der Waals surface area contributed by atoms with Crippen LogP contribution in [0.15, 0.2) is 48.7 Å². The van der Waals surface area contributed by atoms with Gasteiger partial charge in [-0.3, -0.25) is 14.0 Å². The molecule has 26 heavy (non-hydrogen) atoms. The number of imidazole rings is 1. The Balaban J connectivity index is 1.58. The van der Waals surface area contributed by atoms with Crippen molar-refractivity contribution in [2.45, 2.75) is 19.3 Å². The molecule has 2 N–H and O–H groups in total. The van der Waals surface area contributed by atoms with Crippen molar-refractivity contribution >= 4 is 23.0 Å². The summed E-state index contributed by atoms with van der Waals surface area (Å²) in [5.74, 6) is -0.142. The number of carbonyl (C=O) groups excluding carboxylic acids is 2. The van der Waals surface area contributed by atoms with Crippen molar-refractivity contribution < 1.29 is 9.59 Å². The molecule has 0 atom stereocenters. The molecule has 6 nitrogen and oxygen atoms in total. The van der Waals surface area contributed by atoms with Crippen molar-refractivity contribution in [3.05, 3.63) is 65.6 Å². The summed E-state index contributed by atoms with van der Waals surface area (Å²) < 4.78 is 1.73. The minimum atomic E-state index is -0.478. The first-order chi connectivity index (χ1) is 12.6. The molecule has 0 aliphatic carbocycles. The van der Waals surface area contributed by atoms with Gasteiger partial charge in [0, 0.05) is 44.2 Å². The van der Waals surface area contributed by atoms with E-state index >= 15 is 0 Å². The molecule has 0 spiro atoms. The molecule has 2 aromatic heterocycles. The van der Waals surface area contributed by atoms with Gasteiger partial charge in [-0.05, 0) is 29.8 Å². The summed E-state index contributed by atoms with van der Waals surface area (Å²) in [5.41, 5.74) is 9.58. The number of aromatic nitrogens is 2. The van der Waals surface area contributed by atoms with E-state index in [4.69, 9.17) is 5.73 Å². The van der Waals surface area contributed by atoms with Gasteiger partial charge in [0.1, 0.15) is 17.1 Å². The number of rotatable bonds is 4. The van der Waals surface area contributed by atoms with Crippen molar-refractivity contribution in [2.75, 3.05) is 18.0 Å². The average Bonchev–Trinajstić information content (AvgIpc) is 3.01. The van der Waals surface area contributed by atoms with Gasteiger partial charge in [0.25, 0.3) is 5.91 Å². The zero-order valence-corrected chi connectivity index (χ0v) is 14.4. The number of fused-ring (bicyclic) bond motifs is 1. The summed E-state index contributed by atoms with van der Waals surface area (Å²) in [6.45, 7) is 1.55. The van der Waals surface area contributed by atoms with Gasteiger partial charge < -0.3 is 10.6 Å². The lowest BCUT2D eigenvalue weighted by atomic mass is 10.1. The number of primary amides is 1. The number of ketones is 1. The highest BCUT2D eigenvalue weighted by molar-refractivity contribution is 5.93. The highest BCUT2D eigenvalue weighted by Gasteiger charge is 2.18. The Morgan fingerprint density at radius 3 is 2.50 bits per heavy atom. The van der Waals surface area contributed by atoms with Crippen LogP contribution in [0.2, 0.25) is 0 Å². The minimum absolute atomic E-state index is 0.337. The van der Waals surface area contributed by atoms with Crippen LogP contribution in [0, 0.1) is 0 Å². The molecular formula is C20H20N4O2. The third-order valence-electron chi connectivity index (χ3n) is 4.83. The van der Waals surface area contributed by atoms with Crippen LogP contribution in [0.1, 0.15) is 34.6 Å². The quantitative estimate of drug-likeness (QED) is 0.784. The summed E-state index contributed by atoms with van der Waals surface area (Å²) >= 11 is 0. The fourth-order valence-corrected chi connectivity index (χ4v) is 3.46. The molecule has 1 aromatic carbocycles. The Kier molecular flexibility index (Phi) is 4.16. The lowest BCUT2D eigenvalue weighted by Crippen LogP contribution is -2.33. The number of nitrogens with zero attached hydrogens (tertiary/aromatic N) is 3. The molecule has 6 heteroatoms. The zero-order chi connectivity index (χ0) is 18.1. The fourth-order valence-electron chi connectivity index (χ4n) is 3.46. The lowest BCUT2D eigenvalue weighted by molar-refractivity contribution is -0.119. The maximum atomic E-state index is 11.9. The Morgan fingerprint density at radius 1 is 1.08 bits per heavy atom. The van der Waals surface area contributed by atoms with E-state index in [9.17, 15) is 9.59 Å². The average molecular weight is 348 g/mol. The van der Waals surface area contributed by atoms with Crippen LogP contribution in [0.5, 0.6) is 0 Å². The van der Waals surface area contributed by atoms with E-state index in [1.54, 1.807) is 10.6 Å². The molecule has 1 saturated heterocycles. The Labute approximate surface area is 151 Å². The van der Waals surface area contributed by atoms with Crippen molar-refractivity contribution in [1.29, 1.82) is 0 Å². The lowest BCUT2D eigenvalue weighted by Gasteiger charge is -2.28. The van der Waals surface area contributed by atoms with E-state index in [1.807, 2.05) is 30.3 Å². The molecule has 1 aliphatic heterocycles. The summed E-state index contributed by atoms with van der Waals surface area (Å²) in [5, 5.41) is 0. The Morgan fingerprint density at radius 2 is 1.81 bits per heavy atom. The molecule has 1 aliphatic rings. The van der Waals surface area contributed by atoms with Gasteiger partial charge in [-0.1, -0.05) is 18.2 Å². The first-order valence-corrected chi connectivity index (χ1v) is 8.73. The number of hydrogen-bond acceptors (Lipinski definition) is 4. The number of nitrogens with two attached hydrogens (primary N) is 1. The largest absolute Gasteiger partial charge is 0.371 e. The SMILES string of the molecule is NC(=O)c1c(Cc2ccc(N3CCC(=O)CC3)cc2)nc2ccccn12. The number of carbonyl (C=O) groups is 2. The van der Waals surface area contributed by atoms with Crippen LogP contribution < -0.4 is 10.6 Å². The first kappa shape index (κ1) is 16.3. The first-order valence-electron chi connectivity index (χ1n) is 8.73. The molecular weight excluding hydrogens is 328 g/mol. The maximum Gasteiger partial charge on any atom is 0.267 e. The van der Waals surface area contributed by atoms with Gasteiger partial charge in [0.05, 0.1) is 5.69 Å². The number of benzene rings is 1. The van der Waals surface area contributed by atoms with E-state index in [0.717, 1.165) is 24.3 Å². The molecule has 0 saturated carbocycles. The molecule has 0 radical (unpaired) electrons. The second-order valence-electron chi connectivity index (χ2n) is 6.57. The van der Waals surface area contributed by atoms with Crippen LogP contribution >= 0.6 is 0 Å². The highest BCUT2D eigenvalue weighted by atomic mass is 16.1. The van der Waals surface area contributed by atoms with E-state index in [0.29, 0.717) is 42.1 Å². The van der Waals surface area contributed by atoms with Crippen LogP contribution in [0.25, 0.3) is 5.65 Å². The smallest absolute Gasteiger partial charge is 0.267 e.